The zero-order chi connectivity index (χ0) is 22.0. The second-order valence-corrected chi connectivity index (χ2v) is 8.27. The summed E-state index contributed by atoms with van der Waals surface area (Å²) in [6.07, 6.45) is 0.104. The Labute approximate surface area is 194 Å². The summed E-state index contributed by atoms with van der Waals surface area (Å²) in [7, 11) is 0. The molecule has 1 atom stereocenters. The lowest BCUT2D eigenvalue weighted by Crippen LogP contribution is -2.28. The van der Waals surface area contributed by atoms with Crippen LogP contribution in [0.3, 0.4) is 0 Å². The summed E-state index contributed by atoms with van der Waals surface area (Å²) in [6, 6.07) is 19.1. The lowest BCUT2D eigenvalue weighted by molar-refractivity contribution is -0.122. The minimum Gasteiger partial charge on any atom is -0.457 e. The molecule has 0 aliphatic carbocycles. The first-order chi connectivity index (χ1) is 14.9. The van der Waals surface area contributed by atoms with Gasteiger partial charge in [-0.1, -0.05) is 40.9 Å². The monoisotopic (exact) mass is 474 g/mol. The maximum absolute atomic E-state index is 12.7. The van der Waals surface area contributed by atoms with Crippen LogP contribution < -0.4 is 15.0 Å². The van der Waals surface area contributed by atoms with Gasteiger partial charge < -0.3 is 15.0 Å². The molecule has 0 saturated carbocycles. The first kappa shape index (κ1) is 21.5. The van der Waals surface area contributed by atoms with Crippen molar-refractivity contribution in [3.8, 4) is 11.5 Å². The lowest BCUT2D eigenvalue weighted by atomic mass is 10.1. The number of nitrogens with zero attached hydrogens (tertiary/aromatic N) is 1. The Morgan fingerprint density at radius 1 is 0.935 bits per heavy atom. The highest BCUT2D eigenvalue weighted by Gasteiger charge is 2.36. The van der Waals surface area contributed by atoms with Gasteiger partial charge in [0.2, 0.25) is 11.8 Å². The number of halogens is 3. The largest absolute Gasteiger partial charge is 0.457 e. The Morgan fingerprint density at radius 2 is 1.58 bits per heavy atom. The fourth-order valence-electron chi connectivity index (χ4n) is 3.31. The molecule has 0 unspecified atom stereocenters. The summed E-state index contributed by atoms with van der Waals surface area (Å²) in [6.45, 7) is 0.239. The van der Waals surface area contributed by atoms with Crippen LogP contribution in [0.25, 0.3) is 0 Å². The molecule has 1 saturated heterocycles. The zero-order valence-corrected chi connectivity index (χ0v) is 18.4. The molecule has 1 N–H and O–H groups in total. The van der Waals surface area contributed by atoms with Crippen molar-refractivity contribution < 1.29 is 14.3 Å². The number of hydrogen-bond acceptors (Lipinski definition) is 3. The maximum Gasteiger partial charge on any atom is 0.229 e. The van der Waals surface area contributed by atoms with Crippen molar-refractivity contribution in [3.05, 3.63) is 81.8 Å². The van der Waals surface area contributed by atoms with Crippen molar-refractivity contribution >= 4 is 58.0 Å². The normalized spacial score (nSPS) is 15.8. The van der Waals surface area contributed by atoms with Gasteiger partial charge in [0.25, 0.3) is 0 Å². The first-order valence-corrected chi connectivity index (χ1v) is 10.6. The third-order valence-corrected chi connectivity index (χ3v) is 5.95. The van der Waals surface area contributed by atoms with E-state index in [0.717, 1.165) is 0 Å². The molecular weight excluding hydrogens is 459 g/mol. The van der Waals surface area contributed by atoms with E-state index < -0.39 is 5.92 Å². The van der Waals surface area contributed by atoms with E-state index in [1.165, 1.54) is 4.90 Å². The fraction of sp³-hybridized carbons (Fsp3) is 0.130. The number of ether oxygens (including phenoxy) is 1. The first-order valence-electron chi connectivity index (χ1n) is 9.49. The Balaban J connectivity index is 1.38. The maximum atomic E-state index is 12.7. The van der Waals surface area contributed by atoms with E-state index >= 15 is 0 Å². The molecule has 4 rings (SSSR count). The second-order valence-electron chi connectivity index (χ2n) is 7.05. The minimum absolute atomic E-state index is 0.104. The van der Waals surface area contributed by atoms with Crippen LogP contribution in [0.1, 0.15) is 6.42 Å². The number of nitrogens with one attached hydrogen (secondary N) is 1. The Kier molecular flexibility index (Phi) is 6.37. The topological polar surface area (TPSA) is 58.6 Å². The summed E-state index contributed by atoms with van der Waals surface area (Å²) in [4.78, 5) is 26.7. The van der Waals surface area contributed by atoms with Gasteiger partial charge in [-0.15, -0.1) is 0 Å². The molecule has 1 heterocycles. The van der Waals surface area contributed by atoms with Crippen LogP contribution in [0, 0.1) is 5.92 Å². The van der Waals surface area contributed by atoms with Crippen LogP contribution >= 0.6 is 34.8 Å². The van der Waals surface area contributed by atoms with Crippen LogP contribution in [-0.2, 0) is 9.59 Å². The smallest absolute Gasteiger partial charge is 0.229 e. The quantitative estimate of drug-likeness (QED) is 0.462. The van der Waals surface area contributed by atoms with Gasteiger partial charge in [0.05, 0.1) is 21.7 Å². The molecular formula is C23H17Cl3N2O3. The van der Waals surface area contributed by atoms with Gasteiger partial charge in [-0.25, -0.2) is 0 Å². The highest BCUT2D eigenvalue weighted by atomic mass is 35.5. The number of amides is 2. The number of benzene rings is 3. The van der Waals surface area contributed by atoms with Gasteiger partial charge in [-0.05, 0) is 60.7 Å². The Hall–Kier alpha value is -2.73. The van der Waals surface area contributed by atoms with E-state index in [9.17, 15) is 9.59 Å². The number of carbonyl (C=O) groups excluding carboxylic acids is 2. The van der Waals surface area contributed by atoms with Gasteiger partial charge in [-0.2, -0.15) is 0 Å². The Morgan fingerprint density at radius 3 is 2.26 bits per heavy atom. The van der Waals surface area contributed by atoms with E-state index in [1.54, 1.807) is 66.7 Å². The fourth-order valence-corrected chi connectivity index (χ4v) is 3.83. The average molecular weight is 476 g/mol. The summed E-state index contributed by atoms with van der Waals surface area (Å²) in [5.41, 5.74) is 1.12. The lowest BCUT2D eigenvalue weighted by Gasteiger charge is -2.18. The van der Waals surface area contributed by atoms with Gasteiger partial charge in [0.15, 0.2) is 0 Å². The van der Waals surface area contributed by atoms with Crippen molar-refractivity contribution in [1.82, 2.24) is 0 Å². The van der Waals surface area contributed by atoms with Crippen molar-refractivity contribution in [1.29, 1.82) is 0 Å². The van der Waals surface area contributed by atoms with Gasteiger partial charge >= 0.3 is 0 Å². The van der Waals surface area contributed by atoms with Crippen molar-refractivity contribution in [2.24, 2.45) is 5.92 Å². The Bertz CT molecular complexity index is 1120. The van der Waals surface area contributed by atoms with Crippen LogP contribution in [0.15, 0.2) is 66.7 Å². The highest BCUT2D eigenvalue weighted by molar-refractivity contribution is 6.44. The summed E-state index contributed by atoms with van der Waals surface area (Å²) in [5.74, 6) is 0.382. The van der Waals surface area contributed by atoms with Gasteiger partial charge in [0, 0.05) is 23.7 Å². The zero-order valence-electron chi connectivity index (χ0n) is 16.1. The van der Waals surface area contributed by atoms with E-state index in [-0.39, 0.29) is 24.8 Å². The molecule has 1 fully saturated rings. The molecule has 2 amide bonds. The van der Waals surface area contributed by atoms with Crippen LogP contribution in [0.2, 0.25) is 15.1 Å². The van der Waals surface area contributed by atoms with Crippen LogP contribution in [0.5, 0.6) is 11.5 Å². The SMILES string of the molecule is O=C(Nc1ccc(Oc2ccc(Cl)cc2)cc1)[C@@H]1CC(=O)N(c2cccc(Cl)c2Cl)C1. The average Bonchev–Trinajstić information content (AvgIpc) is 3.15. The van der Waals surface area contributed by atoms with Crippen molar-refractivity contribution in [2.45, 2.75) is 6.42 Å². The standard InChI is InChI=1S/C23H17Cl3N2O3/c24-15-4-8-17(9-5-15)31-18-10-6-16(7-11-18)27-23(30)14-12-21(29)28(13-14)20-3-1-2-19(25)22(20)26/h1-11,14H,12-13H2,(H,27,30)/t14-/m1/s1. The summed E-state index contributed by atoms with van der Waals surface area (Å²) in [5, 5.41) is 4.15. The van der Waals surface area contributed by atoms with Gasteiger partial charge in [-0.3, -0.25) is 9.59 Å². The molecule has 0 bridgehead atoms. The molecule has 8 heteroatoms. The molecule has 0 radical (unpaired) electrons. The molecule has 3 aromatic carbocycles. The second kappa shape index (κ2) is 9.18. The number of anilines is 2. The van der Waals surface area contributed by atoms with E-state index in [2.05, 4.69) is 5.32 Å². The van der Waals surface area contributed by atoms with Crippen molar-refractivity contribution in [2.75, 3.05) is 16.8 Å². The number of hydrogen-bond donors (Lipinski definition) is 1. The van der Waals surface area contributed by atoms with E-state index in [1.807, 2.05) is 0 Å². The minimum atomic E-state index is -0.493. The molecule has 0 spiro atoms. The molecule has 31 heavy (non-hydrogen) atoms. The summed E-state index contributed by atoms with van der Waals surface area (Å²) < 4.78 is 5.75. The number of carbonyl (C=O) groups is 2. The molecule has 158 valence electrons. The van der Waals surface area contributed by atoms with Crippen LogP contribution in [0.4, 0.5) is 11.4 Å². The predicted octanol–water partition coefficient (Wildman–Crippen LogP) is 6.43. The van der Waals surface area contributed by atoms with Crippen molar-refractivity contribution in [3.63, 3.8) is 0 Å². The van der Waals surface area contributed by atoms with Gasteiger partial charge in [0.1, 0.15) is 11.5 Å². The molecule has 1 aliphatic heterocycles. The number of rotatable bonds is 5. The molecule has 1 aliphatic rings. The highest BCUT2D eigenvalue weighted by Crippen LogP contribution is 2.36. The summed E-state index contributed by atoms with van der Waals surface area (Å²) >= 11 is 18.2. The molecule has 5 nitrogen and oxygen atoms in total. The van der Waals surface area contributed by atoms with E-state index in [0.29, 0.717) is 37.9 Å². The van der Waals surface area contributed by atoms with Crippen LogP contribution in [-0.4, -0.2) is 18.4 Å². The predicted molar refractivity (Wildman–Crippen MR) is 124 cm³/mol. The third kappa shape index (κ3) is 4.96. The third-order valence-electron chi connectivity index (χ3n) is 4.89. The molecule has 3 aromatic rings. The molecule has 0 aromatic heterocycles. The van der Waals surface area contributed by atoms with E-state index in [4.69, 9.17) is 39.5 Å².